The summed E-state index contributed by atoms with van der Waals surface area (Å²) in [5, 5.41) is 4.63. The summed E-state index contributed by atoms with van der Waals surface area (Å²) in [5.41, 5.74) is 0. The number of nitrogens with zero attached hydrogens (tertiary/aromatic N) is 3. The minimum atomic E-state index is 0.615. The zero-order valence-corrected chi connectivity index (χ0v) is 11.1. The Balaban J connectivity index is 1.77. The lowest BCUT2D eigenvalue weighted by Gasteiger charge is -2.38. The Labute approximate surface area is 102 Å². The third-order valence-corrected chi connectivity index (χ3v) is 4.31. The summed E-state index contributed by atoms with van der Waals surface area (Å²) in [7, 11) is 4.42. The normalized spacial score (nSPS) is 28.9. The van der Waals surface area contributed by atoms with E-state index in [1.807, 2.05) is 11.8 Å². The van der Waals surface area contributed by atoms with Crippen LogP contribution in [0.1, 0.15) is 6.42 Å². The fourth-order valence-electron chi connectivity index (χ4n) is 2.09. The first-order valence-corrected chi connectivity index (χ1v) is 7.04. The molecule has 0 aromatic rings. The first-order chi connectivity index (χ1) is 7.75. The highest BCUT2D eigenvalue weighted by atomic mass is 32.2. The molecule has 0 aromatic heterocycles. The molecule has 1 fully saturated rings. The standard InChI is InChI=1S/C11H22N4S/c1-14-5-6-15(2)10(9-14)8-13-11-12-4-3-7-16-11/h10H,3-9H2,1-2H3,(H,12,13). The molecule has 1 saturated heterocycles. The van der Waals surface area contributed by atoms with Crippen LogP contribution in [-0.4, -0.2) is 73.6 Å². The van der Waals surface area contributed by atoms with Crippen LogP contribution in [0.15, 0.2) is 4.99 Å². The van der Waals surface area contributed by atoms with Crippen LogP contribution in [0.4, 0.5) is 0 Å². The number of thioether (sulfide) groups is 1. The van der Waals surface area contributed by atoms with Gasteiger partial charge in [-0.3, -0.25) is 9.89 Å². The van der Waals surface area contributed by atoms with Crippen molar-refractivity contribution in [1.29, 1.82) is 0 Å². The van der Waals surface area contributed by atoms with E-state index in [4.69, 9.17) is 0 Å². The van der Waals surface area contributed by atoms with Gasteiger partial charge in [-0.1, -0.05) is 11.8 Å². The van der Waals surface area contributed by atoms with Gasteiger partial charge in [-0.05, 0) is 20.5 Å². The number of nitrogens with one attached hydrogen (secondary N) is 1. The van der Waals surface area contributed by atoms with Crippen molar-refractivity contribution in [1.82, 2.24) is 15.1 Å². The average molecular weight is 242 g/mol. The summed E-state index contributed by atoms with van der Waals surface area (Å²) in [6.07, 6.45) is 1.22. The van der Waals surface area contributed by atoms with Gasteiger partial charge >= 0.3 is 0 Å². The van der Waals surface area contributed by atoms with Crippen LogP contribution in [-0.2, 0) is 0 Å². The van der Waals surface area contributed by atoms with Gasteiger partial charge in [0.25, 0.3) is 0 Å². The molecule has 0 bridgehead atoms. The molecule has 0 amide bonds. The fraction of sp³-hybridized carbons (Fsp3) is 0.909. The van der Waals surface area contributed by atoms with Crippen LogP contribution in [0.3, 0.4) is 0 Å². The summed E-state index contributed by atoms with van der Waals surface area (Å²) in [6.45, 7) is 5.52. The third kappa shape index (κ3) is 3.37. The quantitative estimate of drug-likeness (QED) is 0.755. The van der Waals surface area contributed by atoms with E-state index in [-0.39, 0.29) is 0 Å². The SMILES string of the molecule is CN1CCN(C)C(CNC2=NCCCS2)C1. The Morgan fingerprint density at radius 1 is 1.44 bits per heavy atom. The van der Waals surface area contributed by atoms with Gasteiger partial charge in [-0.2, -0.15) is 0 Å². The molecule has 1 N–H and O–H groups in total. The van der Waals surface area contributed by atoms with E-state index in [1.165, 1.54) is 25.3 Å². The third-order valence-electron chi connectivity index (χ3n) is 3.27. The predicted octanol–water partition coefficient (Wildman–Crippen LogP) is 0.315. The second-order valence-corrected chi connectivity index (χ2v) is 5.75. The van der Waals surface area contributed by atoms with Crippen molar-refractivity contribution in [2.45, 2.75) is 12.5 Å². The van der Waals surface area contributed by atoms with E-state index in [0.717, 1.165) is 24.8 Å². The Hall–Kier alpha value is -0.260. The highest BCUT2D eigenvalue weighted by Gasteiger charge is 2.22. The monoisotopic (exact) mass is 242 g/mol. The van der Waals surface area contributed by atoms with Crippen LogP contribution < -0.4 is 5.32 Å². The van der Waals surface area contributed by atoms with Crippen molar-refractivity contribution in [2.75, 3.05) is 52.6 Å². The lowest BCUT2D eigenvalue weighted by Crippen LogP contribution is -2.54. The Bertz CT molecular complexity index is 256. The summed E-state index contributed by atoms with van der Waals surface area (Å²) in [5.74, 6) is 1.21. The Morgan fingerprint density at radius 3 is 3.06 bits per heavy atom. The van der Waals surface area contributed by atoms with Crippen LogP contribution in [0.25, 0.3) is 0 Å². The molecule has 92 valence electrons. The van der Waals surface area contributed by atoms with Gasteiger partial charge in [0.2, 0.25) is 0 Å². The molecule has 2 aliphatic heterocycles. The molecule has 2 rings (SSSR count). The molecule has 2 aliphatic rings. The van der Waals surface area contributed by atoms with E-state index in [0.29, 0.717) is 6.04 Å². The maximum absolute atomic E-state index is 4.49. The fourth-order valence-corrected chi connectivity index (χ4v) is 2.93. The molecule has 4 nitrogen and oxygen atoms in total. The summed E-state index contributed by atoms with van der Waals surface area (Å²) < 4.78 is 0. The van der Waals surface area contributed by atoms with Crippen molar-refractivity contribution in [3.63, 3.8) is 0 Å². The zero-order chi connectivity index (χ0) is 11.4. The molecular formula is C11H22N4S. The minimum Gasteiger partial charge on any atom is -0.363 e. The first kappa shape index (κ1) is 12.2. The smallest absolute Gasteiger partial charge is 0.156 e. The number of hydrogen-bond donors (Lipinski definition) is 1. The van der Waals surface area contributed by atoms with Crippen molar-refractivity contribution in [3.8, 4) is 0 Å². The Morgan fingerprint density at radius 2 is 2.31 bits per heavy atom. The van der Waals surface area contributed by atoms with E-state index in [9.17, 15) is 0 Å². The second kappa shape index (κ2) is 5.89. The van der Waals surface area contributed by atoms with E-state index in [2.05, 4.69) is 34.2 Å². The number of hydrogen-bond acceptors (Lipinski definition) is 5. The van der Waals surface area contributed by atoms with Gasteiger partial charge in [0.1, 0.15) is 0 Å². The molecule has 16 heavy (non-hydrogen) atoms. The van der Waals surface area contributed by atoms with Crippen LogP contribution in [0, 0.1) is 0 Å². The van der Waals surface area contributed by atoms with E-state index in [1.54, 1.807) is 0 Å². The van der Waals surface area contributed by atoms with Gasteiger partial charge in [0.05, 0.1) is 0 Å². The molecule has 0 saturated carbocycles. The topological polar surface area (TPSA) is 30.9 Å². The predicted molar refractivity (Wildman–Crippen MR) is 71.3 cm³/mol. The Kier molecular flexibility index (Phi) is 4.49. The minimum absolute atomic E-state index is 0.615. The van der Waals surface area contributed by atoms with Crippen LogP contribution >= 0.6 is 11.8 Å². The molecule has 1 unspecified atom stereocenters. The van der Waals surface area contributed by atoms with E-state index < -0.39 is 0 Å². The van der Waals surface area contributed by atoms with Crippen molar-refractivity contribution < 1.29 is 0 Å². The van der Waals surface area contributed by atoms with Crippen LogP contribution in [0.5, 0.6) is 0 Å². The molecule has 0 aromatic carbocycles. The second-order valence-electron chi connectivity index (χ2n) is 4.67. The number of amidine groups is 1. The molecule has 5 heteroatoms. The number of aliphatic imine (C=N–C) groups is 1. The lowest BCUT2D eigenvalue weighted by molar-refractivity contribution is 0.116. The number of likely N-dealkylation sites (N-methyl/N-ethyl adjacent to an activating group) is 2. The molecular weight excluding hydrogens is 220 g/mol. The van der Waals surface area contributed by atoms with Crippen molar-refractivity contribution >= 4 is 16.9 Å². The highest BCUT2D eigenvalue weighted by molar-refractivity contribution is 8.13. The lowest BCUT2D eigenvalue weighted by atomic mass is 10.2. The largest absolute Gasteiger partial charge is 0.363 e. The van der Waals surface area contributed by atoms with Gasteiger partial charge in [-0.15, -0.1) is 0 Å². The maximum atomic E-state index is 4.49. The van der Waals surface area contributed by atoms with Gasteiger partial charge in [0, 0.05) is 44.5 Å². The van der Waals surface area contributed by atoms with Gasteiger partial charge < -0.3 is 10.2 Å². The molecule has 0 aliphatic carbocycles. The first-order valence-electron chi connectivity index (χ1n) is 6.05. The zero-order valence-electron chi connectivity index (χ0n) is 10.3. The number of rotatable bonds is 2. The average Bonchev–Trinajstić information content (AvgIpc) is 2.32. The number of piperazine rings is 1. The summed E-state index contributed by atoms with van der Waals surface area (Å²) in [4.78, 5) is 9.34. The van der Waals surface area contributed by atoms with Crippen molar-refractivity contribution in [3.05, 3.63) is 0 Å². The summed E-state index contributed by atoms with van der Waals surface area (Å²) >= 11 is 1.86. The molecule has 2 heterocycles. The van der Waals surface area contributed by atoms with Gasteiger partial charge in [-0.25, -0.2) is 0 Å². The van der Waals surface area contributed by atoms with E-state index >= 15 is 0 Å². The van der Waals surface area contributed by atoms with Gasteiger partial charge in [0.15, 0.2) is 5.17 Å². The summed E-state index contributed by atoms with van der Waals surface area (Å²) in [6, 6.07) is 0.615. The van der Waals surface area contributed by atoms with Crippen LogP contribution in [0.2, 0.25) is 0 Å². The van der Waals surface area contributed by atoms with Crippen molar-refractivity contribution in [2.24, 2.45) is 4.99 Å². The molecule has 0 spiro atoms. The maximum Gasteiger partial charge on any atom is 0.156 e. The highest BCUT2D eigenvalue weighted by Crippen LogP contribution is 2.11. The molecule has 0 radical (unpaired) electrons. The molecule has 1 atom stereocenters.